The van der Waals surface area contributed by atoms with Crippen LogP contribution in [0.15, 0.2) is 0 Å². The second-order valence-electron chi connectivity index (χ2n) is 4.02. The van der Waals surface area contributed by atoms with Gasteiger partial charge >= 0.3 is 0 Å². The third-order valence-electron chi connectivity index (χ3n) is 2.93. The van der Waals surface area contributed by atoms with Gasteiger partial charge in [-0.3, -0.25) is 0 Å². The molecule has 0 unspecified atom stereocenters. The highest BCUT2D eigenvalue weighted by atomic mass is 15.1. The van der Waals surface area contributed by atoms with Crippen LogP contribution in [0.5, 0.6) is 0 Å². The van der Waals surface area contributed by atoms with Gasteiger partial charge in [0.2, 0.25) is 0 Å². The van der Waals surface area contributed by atoms with E-state index in [1.807, 2.05) is 14.0 Å². The van der Waals surface area contributed by atoms with E-state index in [2.05, 4.69) is 22.1 Å². The molecule has 0 atom stereocenters. The van der Waals surface area contributed by atoms with Gasteiger partial charge in [-0.1, -0.05) is 0 Å². The molecule has 0 radical (unpaired) electrons. The zero-order valence-electron chi connectivity index (χ0n) is 9.47. The van der Waals surface area contributed by atoms with E-state index in [4.69, 9.17) is 0 Å². The van der Waals surface area contributed by atoms with Crippen molar-refractivity contribution < 1.29 is 0 Å². The van der Waals surface area contributed by atoms with Gasteiger partial charge in [-0.25, -0.2) is 0 Å². The van der Waals surface area contributed by atoms with Crippen molar-refractivity contribution in [3.63, 3.8) is 0 Å². The highest BCUT2D eigenvalue weighted by molar-refractivity contribution is 4.95. The molecule has 0 spiro atoms. The Bertz CT molecular complexity index is 194. The molecule has 1 aliphatic rings. The van der Waals surface area contributed by atoms with Crippen molar-refractivity contribution in [1.29, 1.82) is 0 Å². The Morgan fingerprint density at radius 2 is 2.07 bits per heavy atom. The van der Waals surface area contributed by atoms with E-state index in [1.165, 1.54) is 32.5 Å². The highest BCUT2D eigenvalue weighted by Gasteiger charge is 2.17. The molecule has 14 heavy (non-hydrogen) atoms. The summed E-state index contributed by atoms with van der Waals surface area (Å²) in [4.78, 5) is 2.54. The molecule has 0 aromatic carbocycles. The molecule has 1 fully saturated rings. The molecule has 2 nitrogen and oxygen atoms in total. The first-order valence-electron chi connectivity index (χ1n) is 5.63. The van der Waals surface area contributed by atoms with E-state index in [-0.39, 0.29) is 0 Å². The largest absolute Gasteiger partial charge is 0.319 e. The summed E-state index contributed by atoms with van der Waals surface area (Å²) in [6, 6.07) is 0. The fraction of sp³-hybridized carbons (Fsp3) is 0.833. The van der Waals surface area contributed by atoms with Gasteiger partial charge in [-0.05, 0) is 52.4 Å². The molecule has 0 amide bonds. The van der Waals surface area contributed by atoms with Crippen LogP contribution in [0, 0.1) is 17.8 Å². The van der Waals surface area contributed by atoms with Gasteiger partial charge in [-0.2, -0.15) is 0 Å². The minimum atomic E-state index is 0.897. The van der Waals surface area contributed by atoms with E-state index in [0.717, 1.165) is 18.9 Å². The van der Waals surface area contributed by atoms with Gasteiger partial charge in [0.1, 0.15) is 0 Å². The SMILES string of the molecule is CC#CCCN1CCC(CNC)CC1. The summed E-state index contributed by atoms with van der Waals surface area (Å²) in [5, 5.41) is 3.26. The van der Waals surface area contributed by atoms with E-state index in [1.54, 1.807) is 0 Å². The van der Waals surface area contributed by atoms with Crippen LogP contribution in [-0.4, -0.2) is 38.1 Å². The number of hydrogen-bond acceptors (Lipinski definition) is 2. The molecule has 0 aliphatic carbocycles. The standard InChI is InChI=1S/C12H22N2/c1-3-4-5-8-14-9-6-12(7-10-14)11-13-2/h12-13H,5-11H2,1-2H3. The molecule has 0 aromatic rings. The number of nitrogens with one attached hydrogen (secondary N) is 1. The van der Waals surface area contributed by atoms with Crippen LogP contribution in [-0.2, 0) is 0 Å². The maximum absolute atomic E-state index is 3.26. The maximum atomic E-state index is 3.26. The monoisotopic (exact) mass is 194 g/mol. The summed E-state index contributed by atoms with van der Waals surface area (Å²) in [6.07, 6.45) is 3.73. The number of likely N-dealkylation sites (tertiary alicyclic amines) is 1. The predicted molar refractivity (Wildman–Crippen MR) is 61.2 cm³/mol. The highest BCUT2D eigenvalue weighted by Crippen LogP contribution is 2.15. The minimum Gasteiger partial charge on any atom is -0.319 e. The van der Waals surface area contributed by atoms with Crippen LogP contribution < -0.4 is 5.32 Å². The molecule has 1 saturated heterocycles. The van der Waals surface area contributed by atoms with Crippen molar-refractivity contribution in [3.8, 4) is 11.8 Å². The van der Waals surface area contributed by atoms with Crippen molar-refractivity contribution >= 4 is 0 Å². The summed E-state index contributed by atoms with van der Waals surface area (Å²) in [6.45, 7) is 6.78. The first-order valence-corrected chi connectivity index (χ1v) is 5.63. The van der Waals surface area contributed by atoms with E-state index in [0.29, 0.717) is 0 Å². The van der Waals surface area contributed by atoms with Gasteiger partial charge in [0.05, 0.1) is 0 Å². The Morgan fingerprint density at radius 1 is 1.36 bits per heavy atom. The van der Waals surface area contributed by atoms with E-state index >= 15 is 0 Å². The Labute approximate surface area is 88.1 Å². The van der Waals surface area contributed by atoms with Crippen LogP contribution in [0.4, 0.5) is 0 Å². The minimum absolute atomic E-state index is 0.897. The lowest BCUT2D eigenvalue weighted by Gasteiger charge is -2.31. The van der Waals surface area contributed by atoms with Crippen LogP contribution in [0.2, 0.25) is 0 Å². The first kappa shape index (κ1) is 11.6. The Morgan fingerprint density at radius 3 is 2.64 bits per heavy atom. The molecule has 0 saturated carbocycles. The second-order valence-corrected chi connectivity index (χ2v) is 4.02. The second kappa shape index (κ2) is 6.86. The summed E-state index contributed by atoms with van der Waals surface area (Å²) < 4.78 is 0. The average molecular weight is 194 g/mol. The van der Waals surface area contributed by atoms with Crippen molar-refractivity contribution in [2.75, 3.05) is 33.2 Å². The predicted octanol–water partition coefficient (Wildman–Crippen LogP) is 1.33. The smallest absolute Gasteiger partial charge is 0.0216 e. The molecule has 1 N–H and O–H groups in total. The molecule has 1 heterocycles. The number of piperidine rings is 1. The van der Waals surface area contributed by atoms with Gasteiger partial charge in [0.25, 0.3) is 0 Å². The van der Waals surface area contributed by atoms with E-state index in [9.17, 15) is 0 Å². The Hall–Kier alpha value is -0.520. The van der Waals surface area contributed by atoms with Crippen molar-refractivity contribution in [1.82, 2.24) is 10.2 Å². The molecule has 2 heteroatoms. The lowest BCUT2D eigenvalue weighted by molar-refractivity contribution is 0.187. The molecule has 0 aromatic heterocycles. The quantitative estimate of drug-likeness (QED) is 0.679. The van der Waals surface area contributed by atoms with Crippen LogP contribution in [0.3, 0.4) is 0 Å². The van der Waals surface area contributed by atoms with E-state index < -0.39 is 0 Å². The lowest BCUT2D eigenvalue weighted by atomic mass is 9.97. The van der Waals surface area contributed by atoms with Gasteiger partial charge in [0, 0.05) is 13.0 Å². The lowest BCUT2D eigenvalue weighted by Crippen LogP contribution is -2.37. The van der Waals surface area contributed by atoms with Crippen molar-refractivity contribution in [2.24, 2.45) is 5.92 Å². The van der Waals surface area contributed by atoms with Gasteiger partial charge in [-0.15, -0.1) is 11.8 Å². The summed E-state index contributed by atoms with van der Waals surface area (Å²) in [5.74, 6) is 6.97. The third kappa shape index (κ3) is 4.13. The summed E-state index contributed by atoms with van der Waals surface area (Å²) >= 11 is 0. The topological polar surface area (TPSA) is 15.3 Å². The summed E-state index contributed by atoms with van der Waals surface area (Å²) in [5.41, 5.74) is 0. The van der Waals surface area contributed by atoms with Crippen LogP contribution in [0.1, 0.15) is 26.2 Å². The van der Waals surface area contributed by atoms with Crippen molar-refractivity contribution in [3.05, 3.63) is 0 Å². The molecule has 0 bridgehead atoms. The first-order chi connectivity index (χ1) is 6.86. The zero-order chi connectivity index (χ0) is 10.2. The number of rotatable bonds is 4. The average Bonchev–Trinajstić information content (AvgIpc) is 2.21. The maximum Gasteiger partial charge on any atom is 0.0216 e. The zero-order valence-corrected chi connectivity index (χ0v) is 9.47. The molecule has 1 aliphatic heterocycles. The fourth-order valence-corrected chi connectivity index (χ4v) is 2.04. The third-order valence-corrected chi connectivity index (χ3v) is 2.93. The molecular formula is C12H22N2. The Kier molecular flexibility index (Phi) is 5.66. The number of hydrogen-bond donors (Lipinski definition) is 1. The van der Waals surface area contributed by atoms with Gasteiger partial charge < -0.3 is 10.2 Å². The Balaban J connectivity index is 2.11. The van der Waals surface area contributed by atoms with Crippen LogP contribution >= 0.6 is 0 Å². The normalized spacial score (nSPS) is 19.0. The molecule has 80 valence electrons. The van der Waals surface area contributed by atoms with Crippen molar-refractivity contribution in [2.45, 2.75) is 26.2 Å². The molecular weight excluding hydrogens is 172 g/mol. The fourth-order valence-electron chi connectivity index (χ4n) is 2.04. The van der Waals surface area contributed by atoms with Crippen LogP contribution in [0.25, 0.3) is 0 Å². The van der Waals surface area contributed by atoms with Gasteiger partial charge in [0.15, 0.2) is 0 Å². The molecule has 1 rings (SSSR count). The summed E-state index contributed by atoms with van der Waals surface area (Å²) in [7, 11) is 2.04. The number of nitrogens with zero attached hydrogens (tertiary/aromatic N) is 1.